The number of nitro groups is 1. The van der Waals surface area contributed by atoms with Gasteiger partial charge in [0.1, 0.15) is 0 Å². The number of thiazole rings is 1. The highest BCUT2D eigenvalue weighted by Gasteiger charge is 2.16. The summed E-state index contributed by atoms with van der Waals surface area (Å²) in [5, 5.41) is 11.0. The second-order valence-electron chi connectivity index (χ2n) is 6.24. The number of hydrogen-bond acceptors (Lipinski definition) is 4. The van der Waals surface area contributed by atoms with Gasteiger partial charge in [0.05, 0.1) is 10.6 Å². The van der Waals surface area contributed by atoms with Crippen LogP contribution < -0.4 is 4.80 Å². The lowest BCUT2D eigenvalue weighted by Gasteiger charge is -2.08. The van der Waals surface area contributed by atoms with Crippen LogP contribution in [0.5, 0.6) is 0 Å². The number of nitro benzene ring substituents is 1. The number of rotatable bonds is 6. The molecule has 0 aliphatic rings. The van der Waals surface area contributed by atoms with Crippen molar-refractivity contribution in [2.75, 3.05) is 0 Å². The van der Waals surface area contributed by atoms with Gasteiger partial charge in [-0.25, -0.2) is 0 Å². The van der Waals surface area contributed by atoms with Crippen LogP contribution in [0.4, 0.5) is 5.69 Å². The summed E-state index contributed by atoms with van der Waals surface area (Å²) in [5.74, 6) is -0.477. The number of aromatic nitrogens is 1. The average molecular weight is 395 g/mol. The summed E-state index contributed by atoms with van der Waals surface area (Å²) in [6.07, 6.45) is 1.89. The monoisotopic (exact) mass is 395 g/mol. The van der Waals surface area contributed by atoms with Gasteiger partial charge in [-0.2, -0.15) is 4.99 Å². The number of aryl methyl sites for hydroxylation is 1. The van der Waals surface area contributed by atoms with Gasteiger partial charge in [0.25, 0.3) is 11.6 Å². The Morgan fingerprint density at radius 2 is 1.89 bits per heavy atom. The Hall–Kier alpha value is -3.06. The Bertz CT molecular complexity index is 1070. The highest BCUT2D eigenvalue weighted by molar-refractivity contribution is 7.09. The molecule has 1 aromatic heterocycles. The number of carbonyl (C=O) groups excluding carboxylic acids is 1. The van der Waals surface area contributed by atoms with Crippen molar-refractivity contribution in [2.45, 2.75) is 33.2 Å². The number of nitrogens with zero attached hydrogens (tertiary/aromatic N) is 3. The van der Waals surface area contributed by atoms with E-state index in [1.165, 1.54) is 34.4 Å². The normalized spacial score (nSPS) is 11.6. The summed E-state index contributed by atoms with van der Waals surface area (Å²) in [4.78, 5) is 29.2. The third kappa shape index (κ3) is 4.09. The first-order chi connectivity index (χ1) is 13.5. The summed E-state index contributed by atoms with van der Waals surface area (Å²) >= 11 is 1.51. The number of benzene rings is 2. The van der Waals surface area contributed by atoms with Crippen LogP contribution in [0.25, 0.3) is 11.3 Å². The molecule has 0 spiro atoms. The molecule has 144 valence electrons. The van der Waals surface area contributed by atoms with E-state index < -0.39 is 10.8 Å². The van der Waals surface area contributed by atoms with Gasteiger partial charge >= 0.3 is 0 Å². The molecule has 0 radical (unpaired) electrons. The lowest BCUT2D eigenvalue weighted by atomic mass is 10.1. The van der Waals surface area contributed by atoms with Crippen molar-refractivity contribution in [1.29, 1.82) is 0 Å². The number of amides is 1. The van der Waals surface area contributed by atoms with Crippen molar-refractivity contribution in [1.82, 2.24) is 4.57 Å². The molecule has 0 aliphatic heterocycles. The van der Waals surface area contributed by atoms with E-state index in [2.05, 4.69) is 24.0 Å². The fourth-order valence-corrected chi connectivity index (χ4v) is 4.36. The Morgan fingerprint density at radius 3 is 2.54 bits per heavy atom. The molecule has 1 amide bonds. The molecule has 2 aromatic carbocycles. The van der Waals surface area contributed by atoms with Gasteiger partial charge in [-0.05, 0) is 25.0 Å². The molecule has 28 heavy (non-hydrogen) atoms. The summed E-state index contributed by atoms with van der Waals surface area (Å²) in [6.45, 7) is 4.81. The average Bonchev–Trinajstić information content (AvgIpc) is 3.05. The largest absolute Gasteiger partial charge is 0.316 e. The quantitative estimate of drug-likeness (QED) is 0.443. The van der Waals surface area contributed by atoms with Gasteiger partial charge in [-0.1, -0.05) is 49.7 Å². The molecule has 3 rings (SSSR count). The molecule has 1 heterocycles. The lowest BCUT2D eigenvalue weighted by molar-refractivity contribution is -0.384. The standard InChI is InChI=1S/C21H21N3O3S/c1-3-9-18-19(15-10-6-5-7-11-15)23(4-2)21(28-18)22-20(25)16-12-8-13-17(14-16)24(26)27/h5-8,10-14H,3-4,9H2,1-2H3. The highest BCUT2D eigenvalue weighted by Crippen LogP contribution is 2.27. The molecule has 0 atom stereocenters. The minimum atomic E-state index is -0.513. The van der Waals surface area contributed by atoms with Crippen LogP contribution in [0.1, 0.15) is 35.5 Å². The maximum atomic E-state index is 12.7. The van der Waals surface area contributed by atoms with Crippen LogP contribution in [0.15, 0.2) is 59.6 Å². The van der Waals surface area contributed by atoms with E-state index in [1.807, 2.05) is 29.7 Å². The first kappa shape index (κ1) is 19.7. The van der Waals surface area contributed by atoms with Crippen molar-refractivity contribution in [3.8, 4) is 11.3 Å². The first-order valence-corrected chi connectivity index (χ1v) is 9.98. The Morgan fingerprint density at radius 1 is 1.14 bits per heavy atom. The van der Waals surface area contributed by atoms with E-state index in [4.69, 9.17) is 0 Å². The maximum absolute atomic E-state index is 12.7. The van der Waals surface area contributed by atoms with Crippen LogP contribution in [0.2, 0.25) is 0 Å². The van der Waals surface area contributed by atoms with Gasteiger partial charge in [0, 0.05) is 29.1 Å². The zero-order valence-electron chi connectivity index (χ0n) is 15.8. The summed E-state index contributed by atoms with van der Waals surface area (Å²) < 4.78 is 2.04. The molecule has 0 bridgehead atoms. The molecule has 6 nitrogen and oxygen atoms in total. The van der Waals surface area contributed by atoms with Crippen LogP contribution >= 0.6 is 11.3 Å². The lowest BCUT2D eigenvalue weighted by Crippen LogP contribution is -2.17. The Labute approximate surface area is 167 Å². The molecule has 0 aliphatic carbocycles. The van der Waals surface area contributed by atoms with Crippen molar-refractivity contribution in [3.63, 3.8) is 0 Å². The van der Waals surface area contributed by atoms with Crippen molar-refractivity contribution in [3.05, 3.63) is 80.0 Å². The van der Waals surface area contributed by atoms with E-state index in [9.17, 15) is 14.9 Å². The van der Waals surface area contributed by atoms with Crippen molar-refractivity contribution in [2.24, 2.45) is 4.99 Å². The van der Waals surface area contributed by atoms with Gasteiger partial charge < -0.3 is 4.57 Å². The fourth-order valence-electron chi connectivity index (χ4n) is 3.05. The summed E-state index contributed by atoms with van der Waals surface area (Å²) in [6, 6.07) is 15.8. The molecule has 7 heteroatoms. The summed E-state index contributed by atoms with van der Waals surface area (Å²) in [7, 11) is 0. The summed E-state index contributed by atoms with van der Waals surface area (Å²) in [5.41, 5.74) is 2.27. The topological polar surface area (TPSA) is 77.5 Å². The fraction of sp³-hybridized carbons (Fsp3) is 0.238. The Balaban J connectivity index is 2.12. The minimum absolute atomic E-state index is 0.118. The molecule has 3 aromatic rings. The molecule has 0 fully saturated rings. The zero-order chi connectivity index (χ0) is 20.1. The number of hydrogen-bond donors (Lipinski definition) is 0. The molecule has 0 N–H and O–H groups in total. The maximum Gasteiger partial charge on any atom is 0.279 e. The van der Waals surface area contributed by atoms with E-state index in [-0.39, 0.29) is 11.3 Å². The number of carbonyl (C=O) groups is 1. The third-order valence-corrected chi connectivity index (χ3v) is 5.46. The van der Waals surface area contributed by atoms with Crippen molar-refractivity contribution >= 4 is 22.9 Å². The zero-order valence-corrected chi connectivity index (χ0v) is 16.6. The van der Waals surface area contributed by atoms with Gasteiger partial charge in [-0.15, -0.1) is 11.3 Å². The molecule has 0 saturated heterocycles. The van der Waals surface area contributed by atoms with Crippen LogP contribution in [0, 0.1) is 10.1 Å². The second kappa shape index (κ2) is 8.75. The SMILES string of the molecule is CCCc1sc(=NC(=O)c2cccc([N+](=O)[O-])c2)n(CC)c1-c1ccccc1. The second-order valence-corrected chi connectivity index (χ2v) is 7.30. The predicted molar refractivity (Wildman–Crippen MR) is 110 cm³/mol. The van der Waals surface area contributed by atoms with E-state index in [0.29, 0.717) is 11.3 Å². The minimum Gasteiger partial charge on any atom is -0.316 e. The van der Waals surface area contributed by atoms with Crippen LogP contribution in [-0.2, 0) is 13.0 Å². The van der Waals surface area contributed by atoms with Gasteiger partial charge in [0.15, 0.2) is 4.80 Å². The van der Waals surface area contributed by atoms with Crippen LogP contribution in [0.3, 0.4) is 0 Å². The predicted octanol–water partition coefficient (Wildman–Crippen LogP) is 4.84. The smallest absolute Gasteiger partial charge is 0.279 e. The first-order valence-electron chi connectivity index (χ1n) is 9.16. The molecular formula is C21H21N3O3S. The van der Waals surface area contributed by atoms with E-state index in [0.717, 1.165) is 24.1 Å². The highest BCUT2D eigenvalue weighted by atomic mass is 32.1. The van der Waals surface area contributed by atoms with Crippen molar-refractivity contribution < 1.29 is 9.72 Å². The van der Waals surface area contributed by atoms with Crippen LogP contribution in [-0.4, -0.2) is 15.4 Å². The van der Waals surface area contributed by atoms with E-state index in [1.54, 1.807) is 6.07 Å². The molecule has 0 unspecified atom stereocenters. The Kier molecular flexibility index (Phi) is 6.16. The molecule has 0 saturated carbocycles. The van der Waals surface area contributed by atoms with Gasteiger partial charge in [-0.3, -0.25) is 14.9 Å². The molecular weight excluding hydrogens is 374 g/mol. The van der Waals surface area contributed by atoms with E-state index >= 15 is 0 Å². The third-order valence-electron chi connectivity index (χ3n) is 4.32. The van der Waals surface area contributed by atoms with Gasteiger partial charge in [0.2, 0.25) is 0 Å². The number of non-ortho nitro benzene ring substituents is 1.